The van der Waals surface area contributed by atoms with Crippen LogP contribution >= 0.6 is 0 Å². The number of aromatic nitrogens is 2. The van der Waals surface area contributed by atoms with Crippen LogP contribution in [-0.2, 0) is 0 Å². The molecule has 2 aromatic heterocycles. The molecule has 0 bridgehead atoms. The van der Waals surface area contributed by atoms with Gasteiger partial charge in [-0.2, -0.15) is 0 Å². The Kier molecular flexibility index (Phi) is 2.72. The van der Waals surface area contributed by atoms with E-state index in [-0.39, 0.29) is 0 Å². The number of hydrogen-bond acceptors (Lipinski definition) is 4. The van der Waals surface area contributed by atoms with Crippen LogP contribution in [0.25, 0.3) is 11.1 Å². The van der Waals surface area contributed by atoms with Crippen molar-refractivity contribution in [1.29, 1.82) is 0 Å². The lowest BCUT2D eigenvalue weighted by molar-refractivity contribution is 0.746. The van der Waals surface area contributed by atoms with E-state index in [1.165, 1.54) is 0 Å². The molecule has 0 saturated carbocycles. The van der Waals surface area contributed by atoms with Gasteiger partial charge in [-0.3, -0.25) is 4.98 Å². The van der Waals surface area contributed by atoms with Crippen molar-refractivity contribution in [3.63, 3.8) is 0 Å². The molecule has 0 spiro atoms. The highest BCUT2D eigenvalue weighted by Crippen LogP contribution is 2.20. The van der Waals surface area contributed by atoms with E-state index in [4.69, 9.17) is 0 Å². The van der Waals surface area contributed by atoms with Crippen LogP contribution in [0.15, 0.2) is 55.3 Å². The Labute approximate surface area is 107 Å². The lowest BCUT2D eigenvalue weighted by atomic mass is 10.1. The van der Waals surface area contributed by atoms with Gasteiger partial charge in [0, 0.05) is 42.1 Å². The summed E-state index contributed by atoms with van der Waals surface area (Å²) in [6.45, 7) is 0. The molecular formula is C13H12BN4. The number of pyridine rings is 2. The summed E-state index contributed by atoms with van der Waals surface area (Å²) >= 11 is 0. The fraction of sp³-hybridized carbons (Fsp3) is 0.0769. The number of anilines is 1. The second-order valence-electron chi connectivity index (χ2n) is 4.13. The van der Waals surface area contributed by atoms with Crippen molar-refractivity contribution in [3.05, 3.63) is 55.3 Å². The smallest absolute Gasteiger partial charge is 0.396 e. The molecule has 18 heavy (non-hydrogen) atoms. The molecule has 3 rings (SSSR count). The van der Waals surface area contributed by atoms with Gasteiger partial charge >= 0.3 is 7.55 Å². The lowest BCUT2D eigenvalue weighted by Gasteiger charge is -2.15. The van der Waals surface area contributed by atoms with Crippen LogP contribution in [0.4, 0.5) is 5.82 Å². The van der Waals surface area contributed by atoms with Gasteiger partial charge in [-0.15, -0.1) is 0 Å². The zero-order chi connectivity index (χ0) is 12.4. The quantitative estimate of drug-likeness (QED) is 0.744. The summed E-state index contributed by atoms with van der Waals surface area (Å²) in [5.74, 6) is 0.906. The topological polar surface area (TPSA) is 32.3 Å². The van der Waals surface area contributed by atoms with Gasteiger partial charge in [0.15, 0.2) is 0 Å². The van der Waals surface area contributed by atoms with Crippen LogP contribution in [0.2, 0.25) is 0 Å². The molecule has 0 aromatic carbocycles. The highest BCUT2D eigenvalue weighted by Gasteiger charge is 2.14. The Hall–Kier alpha value is -2.30. The molecule has 0 fully saturated rings. The van der Waals surface area contributed by atoms with E-state index in [2.05, 4.69) is 16.0 Å². The van der Waals surface area contributed by atoms with E-state index in [1.54, 1.807) is 6.20 Å². The van der Waals surface area contributed by atoms with Gasteiger partial charge in [0.1, 0.15) is 5.82 Å². The Balaban J connectivity index is 1.84. The highest BCUT2D eigenvalue weighted by atomic mass is 15.2. The van der Waals surface area contributed by atoms with Crippen LogP contribution in [-0.4, -0.2) is 29.4 Å². The molecule has 0 saturated heterocycles. The minimum Gasteiger partial charge on any atom is -0.406 e. The second-order valence-corrected chi connectivity index (χ2v) is 4.13. The first-order valence-electron chi connectivity index (χ1n) is 5.73. The summed E-state index contributed by atoms with van der Waals surface area (Å²) in [7, 11) is 3.96. The molecule has 1 aliphatic rings. The van der Waals surface area contributed by atoms with Crippen molar-refractivity contribution in [2.45, 2.75) is 0 Å². The second kappa shape index (κ2) is 4.53. The van der Waals surface area contributed by atoms with Crippen LogP contribution in [0.5, 0.6) is 0 Å². The van der Waals surface area contributed by atoms with E-state index in [9.17, 15) is 0 Å². The predicted octanol–water partition coefficient (Wildman–Crippen LogP) is 1.90. The Morgan fingerprint density at radius 2 is 1.94 bits per heavy atom. The van der Waals surface area contributed by atoms with Gasteiger partial charge in [0.25, 0.3) is 0 Å². The maximum absolute atomic E-state index is 4.46. The van der Waals surface area contributed by atoms with E-state index in [0.717, 1.165) is 16.9 Å². The monoisotopic (exact) mass is 235 g/mol. The third kappa shape index (κ3) is 2.07. The molecule has 0 amide bonds. The third-order valence-electron chi connectivity index (χ3n) is 2.78. The van der Waals surface area contributed by atoms with Crippen molar-refractivity contribution >= 4 is 13.4 Å². The largest absolute Gasteiger partial charge is 0.406 e. The first-order chi connectivity index (χ1) is 8.83. The molecule has 0 atom stereocenters. The molecule has 1 aliphatic heterocycles. The molecule has 0 aliphatic carbocycles. The SMILES string of the molecule is CN1[B]N(c2ccc(-c3cccnc3)cn2)C=C1. The van der Waals surface area contributed by atoms with Crippen molar-refractivity contribution in [2.75, 3.05) is 11.9 Å². The first kappa shape index (κ1) is 10.8. The minimum absolute atomic E-state index is 0.906. The van der Waals surface area contributed by atoms with Gasteiger partial charge in [-0.05, 0) is 25.2 Å². The van der Waals surface area contributed by atoms with E-state index >= 15 is 0 Å². The van der Waals surface area contributed by atoms with E-state index in [0.29, 0.717) is 0 Å². The first-order valence-corrected chi connectivity index (χ1v) is 5.73. The zero-order valence-electron chi connectivity index (χ0n) is 10.1. The summed E-state index contributed by atoms with van der Waals surface area (Å²) in [4.78, 5) is 12.5. The van der Waals surface area contributed by atoms with Crippen LogP contribution in [0.3, 0.4) is 0 Å². The van der Waals surface area contributed by atoms with E-state index in [1.807, 2.05) is 67.2 Å². The summed E-state index contributed by atoms with van der Waals surface area (Å²) in [6, 6.07) is 8.01. The van der Waals surface area contributed by atoms with Crippen LogP contribution in [0, 0.1) is 0 Å². The Morgan fingerprint density at radius 1 is 1.06 bits per heavy atom. The maximum Gasteiger partial charge on any atom is 0.396 e. The average molecular weight is 235 g/mol. The van der Waals surface area contributed by atoms with Gasteiger partial charge in [0.2, 0.25) is 0 Å². The van der Waals surface area contributed by atoms with Gasteiger partial charge in [0.05, 0.1) is 0 Å². The molecule has 1 radical (unpaired) electrons. The summed E-state index contributed by atoms with van der Waals surface area (Å²) in [6.07, 6.45) is 9.44. The van der Waals surface area contributed by atoms with Crippen LogP contribution < -0.4 is 4.81 Å². The number of rotatable bonds is 2. The molecular weight excluding hydrogens is 223 g/mol. The summed E-state index contributed by atoms with van der Waals surface area (Å²) in [5, 5.41) is 0. The van der Waals surface area contributed by atoms with Crippen molar-refractivity contribution in [1.82, 2.24) is 14.8 Å². The fourth-order valence-electron chi connectivity index (χ4n) is 1.83. The van der Waals surface area contributed by atoms with Crippen molar-refractivity contribution < 1.29 is 0 Å². The molecule has 0 N–H and O–H groups in total. The number of hydrogen-bond donors (Lipinski definition) is 0. The Morgan fingerprint density at radius 3 is 2.56 bits per heavy atom. The van der Waals surface area contributed by atoms with Crippen molar-refractivity contribution in [2.24, 2.45) is 0 Å². The molecule has 5 heteroatoms. The summed E-state index contributed by atoms with van der Waals surface area (Å²) in [5.41, 5.74) is 2.15. The minimum atomic E-state index is 0.906. The van der Waals surface area contributed by atoms with Crippen molar-refractivity contribution in [3.8, 4) is 11.1 Å². The molecule has 0 unspecified atom stereocenters. The van der Waals surface area contributed by atoms with Gasteiger partial charge < -0.3 is 9.62 Å². The lowest BCUT2D eigenvalue weighted by Crippen LogP contribution is -2.26. The normalized spacial score (nSPS) is 13.8. The maximum atomic E-state index is 4.46. The van der Waals surface area contributed by atoms with Gasteiger partial charge in [-0.25, -0.2) is 4.98 Å². The Bertz CT molecular complexity index is 553. The van der Waals surface area contributed by atoms with Gasteiger partial charge in [-0.1, -0.05) is 6.07 Å². The predicted molar refractivity (Wildman–Crippen MR) is 72.6 cm³/mol. The number of nitrogens with zero attached hydrogens (tertiary/aromatic N) is 4. The molecule has 2 aromatic rings. The highest BCUT2D eigenvalue weighted by molar-refractivity contribution is 6.40. The zero-order valence-corrected chi connectivity index (χ0v) is 10.1. The molecule has 3 heterocycles. The fourth-order valence-corrected chi connectivity index (χ4v) is 1.83. The summed E-state index contributed by atoms with van der Waals surface area (Å²) < 4.78 is 0. The van der Waals surface area contributed by atoms with E-state index < -0.39 is 0 Å². The molecule has 4 nitrogen and oxygen atoms in total. The standard InChI is InChI=1S/C13H12BN4/c1-17-7-8-18(14-17)13-5-4-12(10-16-13)11-3-2-6-15-9-11/h2-10H,1H3. The average Bonchev–Trinajstić information content (AvgIpc) is 2.87. The van der Waals surface area contributed by atoms with Crippen LogP contribution in [0.1, 0.15) is 0 Å². The molecule has 87 valence electrons. The third-order valence-corrected chi connectivity index (χ3v) is 2.78.